The topological polar surface area (TPSA) is 12.0 Å². The van der Waals surface area contributed by atoms with E-state index in [1.807, 2.05) is 0 Å². The summed E-state index contributed by atoms with van der Waals surface area (Å²) >= 11 is 1.79. The van der Waals surface area contributed by atoms with E-state index in [4.69, 9.17) is 0 Å². The fourth-order valence-corrected chi connectivity index (χ4v) is 2.20. The standard InChI is InChI=1S/C13H17NS/c1-15-13-8-6-11(7-9-13)10-14-12-4-2-3-5-12/h2-3,6-9,12,14H,4-5,10H2,1H3. The second-order valence-corrected chi connectivity index (χ2v) is 4.75. The Bertz CT molecular complexity index is 321. The van der Waals surface area contributed by atoms with Crippen LogP contribution in [0.3, 0.4) is 0 Å². The van der Waals surface area contributed by atoms with Crippen LogP contribution in [-0.4, -0.2) is 12.3 Å². The van der Waals surface area contributed by atoms with Crippen molar-refractivity contribution in [2.24, 2.45) is 0 Å². The minimum absolute atomic E-state index is 0.658. The van der Waals surface area contributed by atoms with E-state index in [1.165, 1.54) is 23.3 Å². The molecule has 0 amide bonds. The molecule has 1 aromatic carbocycles. The van der Waals surface area contributed by atoms with Crippen molar-refractivity contribution in [1.82, 2.24) is 5.32 Å². The van der Waals surface area contributed by atoms with Gasteiger partial charge in [-0.1, -0.05) is 24.3 Å². The lowest BCUT2D eigenvalue weighted by Gasteiger charge is -2.11. The zero-order valence-electron chi connectivity index (χ0n) is 9.07. The predicted molar refractivity (Wildman–Crippen MR) is 67.2 cm³/mol. The van der Waals surface area contributed by atoms with Crippen molar-refractivity contribution in [3.63, 3.8) is 0 Å². The van der Waals surface area contributed by atoms with Gasteiger partial charge >= 0.3 is 0 Å². The lowest BCUT2D eigenvalue weighted by atomic mass is 10.2. The van der Waals surface area contributed by atoms with Crippen LogP contribution < -0.4 is 5.32 Å². The Morgan fingerprint density at radius 3 is 2.47 bits per heavy atom. The lowest BCUT2D eigenvalue weighted by molar-refractivity contribution is 0.538. The van der Waals surface area contributed by atoms with E-state index in [9.17, 15) is 0 Å². The summed E-state index contributed by atoms with van der Waals surface area (Å²) in [7, 11) is 0. The van der Waals surface area contributed by atoms with Crippen molar-refractivity contribution in [2.45, 2.75) is 30.3 Å². The lowest BCUT2D eigenvalue weighted by Crippen LogP contribution is -2.25. The van der Waals surface area contributed by atoms with Gasteiger partial charge in [0.25, 0.3) is 0 Å². The number of hydrogen-bond acceptors (Lipinski definition) is 2. The summed E-state index contributed by atoms with van der Waals surface area (Å²) in [6, 6.07) is 9.45. The predicted octanol–water partition coefficient (Wildman–Crippen LogP) is 3.22. The van der Waals surface area contributed by atoms with Crippen LogP contribution >= 0.6 is 11.8 Å². The van der Waals surface area contributed by atoms with Gasteiger partial charge in [-0.25, -0.2) is 0 Å². The molecule has 2 heteroatoms. The molecule has 0 bridgehead atoms. The number of benzene rings is 1. The third kappa shape index (κ3) is 3.11. The van der Waals surface area contributed by atoms with Crippen molar-refractivity contribution in [3.05, 3.63) is 42.0 Å². The van der Waals surface area contributed by atoms with Crippen LogP contribution in [0.1, 0.15) is 18.4 Å². The number of nitrogens with one attached hydrogen (secondary N) is 1. The van der Waals surface area contributed by atoms with Crippen LogP contribution in [0, 0.1) is 0 Å². The average molecular weight is 219 g/mol. The molecule has 0 heterocycles. The molecule has 1 aliphatic rings. The Hall–Kier alpha value is -0.730. The molecule has 2 rings (SSSR count). The highest BCUT2D eigenvalue weighted by atomic mass is 32.2. The monoisotopic (exact) mass is 219 g/mol. The van der Waals surface area contributed by atoms with Crippen LogP contribution in [0.2, 0.25) is 0 Å². The molecule has 0 radical (unpaired) electrons. The molecule has 0 aliphatic heterocycles. The van der Waals surface area contributed by atoms with Crippen LogP contribution in [0.25, 0.3) is 0 Å². The van der Waals surface area contributed by atoms with Gasteiger partial charge in [-0.05, 0) is 36.8 Å². The first kappa shape index (κ1) is 10.8. The van der Waals surface area contributed by atoms with E-state index in [0.29, 0.717) is 6.04 Å². The van der Waals surface area contributed by atoms with Crippen LogP contribution in [0.15, 0.2) is 41.3 Å². The second-order valence-electron chi connectivity index (χ2n) is 3.87. The molecule has 1 aliphatic carbocycles. The van der Waals surface area contributed by atoms with Gasteiger partial charge in [-0.3, -0.25) is 0 Å². The summed E-state index contributed by atoms with van der Waals surface area (Å²) in [5, 5.41) is 3.57. The molecule has 15 heavy (non-hydrogen) atoms. The number of thioether (sulfide) groups is 1. The molecule has 1 aromatic rings. The van der Waals surface area contributed by atoms with Gasteiger partial charge in [-0.15, -0.1) is 11.8 Å². The average Bonchev–Trinajstić information content (AvgIpc) is 2.80. The molecule has 0 saturated heterocycles. The van der Waals surface area contributed by atoms with E-state index < -0.39 is 0 Å². The van der Waals surface area contributed by atoms with Crippen LogP contribution in [0.5, 0.6) is 0 Å². The molecule has 0 unspecified atom stereocenters. The summed E-state index contributed by atoms with van der Waals surface area (Å²) in [4.78, 5) is 1.33. The molecule has 0 saturated carbocycles. The van der Waals surface area contributed by atoms with Gasteiger partial charge in [0.1, 0.15) is 0 Å². The van der Waals surface area contributed by atoms with Crippen LogP contribution in [0.4, 0.5) is 0 Å². The number of rotatable bonds is 4. The zero-order chi connectivity index (χ0) is 10.5. The van der Waals surface area contributed by atoms with Gasteiger partial charge in [0, 0.05) is 17.5 Å². The maximum absolute atomic E-state index is 3.57. The Balaban J connectivity index is 1.82. The SMILES string of the molecule is CSc1ccc(CNC2CC=CC2)cc1. The fraction of sp³-hybridized carbons (Fsp3) is 0.385. The summed E-state index contributed by atoms with van der Waals surface area (Å²) in [6.45, 7) is 0.987. The van der Waals surface area contributed by atoms with Gasteiger partial charge < -0.3 is 5.32 Å². The Morgan fingerprint density at radius 2 is 1.87 bits per heavy atom. The third-order valence-electron chi connectivity index (χ3n) is 2.76. The van der Waals surface area contributed by atoms with E-state index in [0.717, 1.165) is 6.54 Å². The first-order valence-corrected chi connectivity index (χ1v) is 6.62. The van der Waals surface area contributed by atoms with Gasteiger partial charge in [0.05, 0.1) is 0 Å². The summed E-state index contributed by atoms with van der Waals surface area (Å²) < 4.78 is 0. The van der Waals surface area contributed by atoms with Crippen molar-refractivity contribution < 1.29 is 0 Å². The van der Waals surface area contributed by atoms with Gasteiger partial charge in [0.15, 0.2) is 0 Å². The van der Waals surface area contributed by atoms with E-state index in [-0.39, 0.29) is 0 Å². The maximum atomic E-state index is 3.57. The molecular formula is C13H17NS. The minimum atomic E-state index is 0.658. The molecule has 80 valence electrons. The molecule has 0 atom stereocenters. The Morgan fingerprint density at radius 1 is 1.20 bits per heavy atom. The van der Waals surface area contributed by atoms with Crippen LogP contribution in [-0.2, 0) is 6.54 Å². The minimum Gasteiger partial charge on any atom is -0.309 e. The van der Waals surface area contributed by atoms with Crippen molar-refractivity contribution in [2.75, 3.05) is 6.26 Å². The zero-order valence-corrected chi connectivity index (χ0v) is 9.89. The van der Waals surface area contributed by atoms with Gasteiger partial charge in [0.2, 0.25) is 0 Å². The summed E-state index contributed by atoms with van der Waals surface area (Å²) in [6.07, 6.45) is 8.99. The summed E-state index contributed by atoms with van der Waals surface area (Å²) in [5.74, 6) is 0. The van der Waals surface area contributed by atoms with Crippen molar-refractivity contribution >= 4 is 11.8 Å². The molecule has 1 nitrogen and oxygen atoms in total. The normalized spacial score (nSPS) is 16.1. The van der Waals surface area contributed by atoms with Gasteiger partial charge in [-0.2, -0.15) is 0 Å². The third-order valence-corrected chi connectivity index (χ3v) is 3.51. The van der Waals surface area contributed by atoms with Crippen molar-refractivity contribution in [3.8, 4) is 0 Å². The van der Waals surface area contributed by atoms with E-state index >= 15 is 0 Å². The molecule has 0 fully saturated rings. The molecule has 1 N–H and O–H groups in total. The van der Waals surface area contributed by atoms with E-state index in [1.54, 1.807) is 11.8 Å². The smallest absolute Gasteiger partial charge is 0.0208 e. The quantitative estimate of drug-likeness (QED) is 0.616. The Labute approximate surface area is 96.0 Å². The second kappa shape index (κ2) is 5.38. The first-order chi connectivity index (χ1) is 7.38. The largest absolute Gasteiger partial charge is 0.309 e. The number of hydrogen-bond donors (Lipinski definition) is 1. The fourth-order valence-electron chi connectivity index (χ4n) is 1.79. The summed E-state index contributed by atoms with van der Waals surface area (Å²) in [5.41, 5.74) is 1.37. The van der Waals surface area contributed by atoms with E-state index in [2.05, 4.69) is 48.0 Å². The molecular weight excluding hydrogens is 202 g/mol. The molecule has 0 spiro atoms. The first-order valence-electron chi connectivity index (χ1n) is 5.40. The Kier molecular flexibility index (Phi) is 3.87. The molecule has 0 aromatic heterocycles. The highest BCUT2D eigenvalue weighted by Gasteiger charge is 2.08. The highest BCUT2D eigenvalue weighted by molar-refractivity contribution is 7.98. The highest BCUT2D eigenvalue weighted by Crippen LogP contribution is 2.15. The maximum Gasteiger partial charge on any atom is 0.0208 e. The van der Waals surface area contributed by atoms with Crippen molar-refractivity contribution in [1.29, 1.82) is 0 Å².